The number of aldehydes is 1. The Kier molecular flexibility index (Phi) is 3.66. The second kappa shape index (κ2) is 5.59. The average molecular weight is 265 g/mol. The van der Waals surface area contributed by atoms with Crippen molar-refractivity contribution in [1.82, 2.24) is 4.90 Å². The highest BCUT2D eigenvalue weighted by Gasteiger charge is 2.17. The van der Waals surface area contributed by atoms with Gasteiger partial charge in [0.05, 0.1) is 0 Å². The summed E-state index contributed by atoms with van der Waals surface area (Å²) in [6, 6.07) is 14.5. The van der Waals surface area contributed by atoms with Gasteiger partial charge in [-0.2, -0.15) is 0 Å². The van der Waals surface area contributed by atoms with E-state index in [1.807, 2.05) is 12.1 Å². The summed E-state index contributed by atoms with van der Waals surface area (Å²) in [6.45, 7) is 5.28. The molecule has 0 bridgehead atoms. The first-order valence-electron chi connectivity index (χ1n) is 7.10. The fourth-order valence-corrected chi connectivity index (χ4v) is 2.95. The van der Waals surface area contributed by atoms with Crippen LogP contribution in [0.1, 0.15) is 32.6 Å². The van der Waals surface area contributed by atoms with Gasteiger partial charge >= 0.3 is 0 Å². The molecule has 0 spiro atoms. The lowest BCUT2D eigenvalue weighted by atomic mass is 9.95. The third kappa shape index (κ3) is 2.66. The van der Waals surface area contributed by atoms with Gasteiger partial charge in [0, 0.05) is 25.2 Å². The fourth-order valence-electron chi connectivity index (χ4n) is 2.95. The van der Waals surface area contributed by atoms with E-state index in [1.165, 1.54) is 22.3 Å². The van der Waals surface area contributed by atoms with E-state index in [-0.39, 0.29) is 0 Å². The first-order chi connectivity index (χ1) is 9.76. The Labute approximate surface area is 120 Å². The Morgan fingerprint density at radius 1 is 1.15 bits per heavy atom. The Balaban J connectivity index is 1.72. The molecular weight excluding hydrogens is 246 g/mol. The highest BCUT2D eigenvalue weighted by molar-refractivity contribution is 5.74. The second-order valence-corrected chi connectivity index (χ2v) is 5.53. The number of carbonyl (C=O) groups excluding carboxylic acids is 1. The first kappa shape index (κ1) is 13.1. The van der Waals surface area contributed by atoms with Crippen LogP contribution in [0.15, 0.2) is 42.5 Å². The van der Waals surface area contributed by atoms with Crippen LogP contribution in [0, 0.1) is 6.92 Å². The van der Waals surface area contributed by atoms with Gasteiger partial charge in [-0.05, 0) is 35.6 Å². The van der Waals surface area contributed by atoms with Gasteiger partial charge in [0.1, 0.15) is 6.29 Å². The largest absolute Gasteiger partial charge is 0.298 e. The maximum Gasteiger partial charge on any atom is 0.150 e. The van der Waals surface area contributed by atoms with Gasteiger partial charge in [-0.25, -0.2) is 0 Å². The van der Waals surface area contributed by atoms with Crippen molar-refractivity contribution in [3.8, 4) is 0 Å². The molecular formula is C18H19NO. The van der Waals surface area contributed by atoms with E-state index in [2.05, 4.69) is 42.2 Å². The van der Waals surface area contributed by atoms with E-state index in [4.69, 9.17) is 0 Å². The Morgan fingerprint density at radius 3 is 2.70 bits per heavy atom. The summed E-state index contributed by atoms with van der Waals surface area (Å²) in [5.41, 5.74) is 6.42. The molecule has 0 saturated carbocycles. The summed E-state index contributed by atoms with van der Waals surface area (Å²) in [6.07, 6.45) is 2.03. The molecule has 0 aliphatic carbocycles. The molecule has 0 aromatic heterocycles. The van der Waals surface area contributed by atoms with Crippen LogP contribution >= 0.6 is 0 Å². The lowest BCUT2D eigenvalue weighted by Crippen LogP contribution is -2.30. The zero-order valence-electron chi connectivity index (χ0n) is 11.8. The number of benzene rings is 2. The third-order valence-electron chi connectivity index (χ3n) is 4.10. The zero-order chi connectivity index (χ0) is 13.9. The molecule has 0 atom stereocenters. The smallest absolute Gasteiger partial charge is 0.150 e. The van der Waals surface area contributed by atoms with Crippen molar-refractivity contribution in [3.63, 3.8) is 0 Å². The molecule has 0 fully saturated rings. The summed E-state index contributed by atoms with van der Waals surface area (Å²) in [7, 11) is 0. The summed E-state index contributed by atoms with van der Waals surface area (Å²) in [4.78, 5) is 13.1. The summed E-state index contributed by atoms with van der Waals surface area (Å²) < 4.78 is 0. The average Bonchev–Trinajstić information content (AvgIpc) is 2.48. The van der Waals surface area contributed by atoms with Gasteiger partial charge < -0.3 is 0 Å². The van der Waals surface area contributed by atoms with Crippen LogP contribution in [0.2, 0.25) is 0 Å². The molecule has 3 rings (SSSR count). The number of carbonyl (C=O) groups is 1. The molecule has 20 heavy (non-hydrogen) atoms. The summed E-state index contributed by atoms with van der Waals surface area (Å²) in [5, 5.41) is 0. The van der Waals surface area contributed by atoms with Crippen molar-refractivity contribution in [2.45, 2.75) is 26.4 Å². The van der Waals surface area contributed by atoms with Crippen LogP contribution in [-0.2, 0) is 19.5 Å². The lowest BCUT2D eigenvalue weighted by Gasteiger charge is -2.29. The SMILES string of the molecule is Cc1cccc2c1CCN(Cc1ccc(C=O)cc1)C2. The van der Waals surface area contributed by atoms with E-state index in [9.17, 15) is 4.79 Å². The Morgan fingerprint density at radius 2 is 1.95 bits per heavy atom. The van der Waals surface area contributed by atoms with E-state index < -0.39 is 0 Å². The van der Waals surface area contributed by atoms with Crippen LogP contribution < -0.4 is 0 Å². The molecule has 1 aliphatic heterocycles. The summed E-state index contributed by atoms with van der Waals surface area (Å²) in [5.74, 6) is 0. The molecule has 1 aliphatic rings. The molecule has 0 amide bonds. The Hall–Kier alpha value is -1.93. The van der Waals surface area contributed by atoms with Gasteiger partial charge in [-0.3, -0.25) is 9.69 Å². The zero-order valence-corrected chi connectivity index (χ0v) is 11.8. The van der Waals surface area contributed by atoms with Crippen molar-refractivity contribution in [2.75, 3.05) is 6.54 Å². The van der Waals surface area contributed by atoms with Gasteiger partial charge in [0.25, 0.3) is 0 Å². The fraction of sp³-hybridized carbons (Fsp3) is 0.278. The number of hydrogen-bond acceptors (Lipinski definition) is 2. The highest BCUT2D eigenvalue weighted by Crippen LogP contribution is 2.23. The number of nitrogens with zero attached hydrogens (tertiary/aromatic N) is 1. The Bertz CT molecular complexity index is 616. The highest BCUT2D eigenvalue weighted by atomic mass is 16.1. The number of fused-ring (bicyclic) bond motifs is 1. The van der Waals surface area contributed by atoms with E-state index in [0.717, 1.165) is 37.9 Å². The standard InChI is InChI=1S/C18H19NO/c1-14-3-2-4-17-12-19(10-9-18(14)17)11-15-5-7-16(13-20)8-6-15/h2-8,13H,9-12H2,1H3. The minimum Gasteiger partial charge on any atom is -0.298 e. The van der Waals surface area contributed by atoms with Crippen LogP contribution in [0.4, 0.5) is 0 Å². The van der Waals surface area contributed by atoms with Gasteiger partial charge in [-0.15, -0.1) is 0 Å². The second-order valence-electron chi connectivity index (χ2n) is 5.53. The van der Waals surface area contributed by atoms with Crippen molar-refractivity contribution >= 4 is 6.29 Å². The summed E-state index contributed by atoms with van der Waals surface area (Å²) >= 11 is 0. The molecule has 102 valence electrons. The van der Waals surface area contributed by atoms with Crippen LogP contribution in [0.25, 0.3) is 0 Å². The molecule has 0 radical (unpaired) electrons. The topological polar surface area (TPSA) is 20.3 Å². The molecule has 2 nitrogen and oxygen atoms in total. The van der Waals surface area contributed by atoms with Crippen LogP contribution in [0.5, 0.6) is 0 Å². The van der Waals surface area contributed by atoms with Crippen molar-refractivity contribution in [3.05, 3.63) is 70.3 Å². The third-order valence-corrected chi connectivity index (χ3v) is 4.10. The monoisotopic (exact) mass is 265 g/mol. The maximum atomic E-state index is 10.7. The maximum absolute atomic E-state index is 10.7. The van der Waals surface area contributed by atoms with Crippen LogP contribution in [-0.4, -0.2) is 17.7 Å². The normalized spacial score (nSPS) is 14.8. The van der Waals surface area contributed by atoms with Gasteiger partial charge in [0.15, 0.2) is 0 Å². The molecule has 2 aromatic carbocycles. The number of hydrogen-bond donors (Lipinski definition) is 0. The van der Waals surface area contributed by atoms with E-state index in [0.29, 0.717) is 0 Å². The number of rotatable bonds is 3. The van der Waals surface area contributed by atoms with E-state index >= 15 is 0 Å². The van der Waals surface area contributed by atoms with Crippen molar-refractivity contribution < 1.29 is 4.79 Å². The van der Waals surface area contributed by atoms with Gasteiger partial charge in [0.2, 0.25) is 0 Å². The van der Waals surface area contributed by atoms with E-state index in [1.54, 1.807) is 0 Å². The number of aryl methyl sites for hydroxylation is 1. The van der Waals surface area contributed by atoms with Crippen LogP contribution in [0.3, 0.4) is 0 Å². The predicted molar refractivity (Wildman–Crippen MR) is 80.8 cm³/mol. The quantitative estimate of drug-likeness (QED) is 0.793. The molecule has 0 saturated heterocycles. The first-order valence-corrected chi connectivity index (χ1v) is 7.10. The van der Waals surface area contributed by atoms with Gasteiger partial charge in [-0.1, -0.05) is 42.5 Å². The lowest BCUT2D eigenvalue weighted by molar-refractivity contribution is 0.112. The molecule has 1 heterocycles. The molecule has 2 heteroatoms. The minimum atomic E-state index is 0.744. The molecule has 0 unspecified atom stereocenters. The van der Waals surface area contributed by atoms with Crippen molar-refractivity contribution in [2.24, 2.45) is 0 Å². The van der Waals surface area contributed by atoms with Crippen molar-refractivity contribution in [1.29, 1.82) is 0 Å². The molecule has 0 N–H and O–H groups in total. The molecule has 2 aromatic rings. The predicted octanol–water partition coefficient (Wildman–Crippen LogP) is 3.37. The minimum absolute atomic E-state index is 0.744.